The molecular formula is C25H29N5O4. The van der Waals surface area contributed by atoms with Gasteiger partial charge in [0.25, 0.3) is 5.91 Å². The molecule has 0 bridgehead atoms. The molecule has 1 aliphatic carbocycles. The molecule has 6 rings (SSSR count). The minimum absolute atomic E-state index is 0.0513. The number of benzene rings is 1. The zero-order valence-electron chi connectivity index (χ0n) is 19.3. The first-order valence-corrected chi connectivity index (χ1v) is 12.0. The first-order chi connectivity index (χ1) is 16.6. The van der Waals surface area contributed by atoms with Gasteiger partial charge in [-0.2, -0.15) is 10.2 Å². The van der Waals surface area contributed by atoms with Crippen molar-refractivity contribution in [1.29, 1.82) is 0 Å². The van der Waals surface area contributed by atoms with Crippen molar-refractivity contribution in [3.63, 3.8) is 0 Å². The van der Waals surface area contributed by atoms with Gasteiger partial charge in [0.15, 0.2) is 5.69 Å². The number of aromatic nitrogens is 4. The number of fused-ring (bicyclic) bond motifs is 2. The standard InChI is InChI=1S/C25H29N5O4/c1-29-8-6-21(27-29)17-4-5-23-18(10-17)11-19(15-33-23)26-25(31)22-12-24-30(28-22)13-20(34-24)7-9-32-14-16-2-3-16/h4-6,8,10,12,16,19-20H,2-3,7,9,11,13-15H2,1H3,(H,26,31)/t19-,20?/m1/s1. The third-order valence-corrected chi connectivity index (χ3v) is 6.59. The van der Waals surface area contributed by atoms with Crippen molar-refractivity contribution in [2.45, 2.75) is 44.4 Å². The molecule has 1 aromatic carbocycles. The Morgan fingerprint density at radius 3 is 2.94 bits per heavy atom. The van der Waals surface area contributed by atoms with Crippen molar-refractivity contribution in [1.82, 2.24) is 24.9 Å². The molecule has 0 saturated heterocycles. The first kappa shape index (κ1) is 21.2. The molecule has 1 amide bonds. The lowest BCUT2D eigenvalue weighted by Crippen LogP contribution is -2.43. The van der Waals surface area contributed by atoms with E-state index in [1.54, 1.807) is 15.4 Å². The number of nitrogens with one attached hydrogen (secondary N) is 1. The van der Waals surface area contributed by atoms with E-state index < -0.39 is 0 Å². The number of rotatable bonds is 8. The highest BCUT2D eigenvalue weighted by molar-refractivity contribution is 5.92. The van der Waals surface area contributed by atoms with E-state index in [9.17, 15) is 4.79 Å². The highest BCUT2D eigenvalue weighted by atomic mass is 16.5. The van der Waals surface area contributed by atoms with Crippen LogP contribution in [0.15, 0.2) is 36.5 Å². The van der Waals surface area contributed by atoms with E-state index in [1.165, 1.54) is 12.8 Å². The predicted octanol–water partition coefficient (Wildman–Crippen LogP) is 2.59. The Hall–Kier alpha value is -3.33. The van der Waals surface area contributed by atoms with Gasteiger partial charge in [0.05, 0.1) is 24.9 Å². The highest BCUT2D eigenvalue weighted by Gasteiger charge is 2.29. The van der Waals surface area contributed by atoms with Crippen LogP contribution >= 0.6 is 0 Å². The maximum absolute atomic E-state index is 12.9. The van der Waals surface area contributed by atoms with Gasteiger partial charge < -0.3 is 19.5 Å². The summed E-state index contributed by atoms with van der Waals surface area (Å²) in [6.07, 6.45) is 6.09. The average Bonchev–Trinajstić information content (AvgIpc) is 3.21. The van der Waals surface area contributed by atoms with E-state index in [4.69, 9.17) is 14.2 Å². The smallest absolute Gasteiger partial charge is 0.272 e. The Morgan fingerprint density at radius 1 is 1.24 bits per heavy atom. The van der Waals surface area contributed by atoms with Gasteiger partial charge in [0, 0.05) is 37.9 Å². The van der Waals surface area contributed by atoms with E-state index in [2.05, 4.69) is 21.6 Å². The Morgan fingerprint density at radius 2 is 2.15 bits per heavy atom. The van der Waals surface area contributed by atoms with E-state index in [0.717, 1.165) is 41.5 Å². The minimum Gasteiger partial charge on any atom is -0.491 e. The van der Waals surface area contributed by atoms with E-state index >= 15 is 0 Å². The topological polar surface area (TPSA) is 92.4 Å². The molecule has 1 unspecified atom stereocenters. The lowest BCUT2D eigenvalue weighted by atomic mass is 9.99. The SMILES string of the molecule is Cn1ccc(-c2ccc3c(c2)C[C@@H](NC(=O)c2cc4n(n2)CC(CCOCC2CC2)O4)CO3)n1. The molecule has 3 aromatic rings. The van der Waals surface area contributed by atoms with E-state index in [1.807, 2.05) is 31.4 Å². The Balaban J connectivity index is 1.03. The normalized spacial score (nSPS) is 20.9. The van der Waals surface area contributed by atoms with Crippen LogP contribution in [0.1, 0.15) is 35.3 Å². The molecule has 0 radical (unpaired) electrons. The molecular weight excluding hydrogens is 434 g/mol. The largest absolute Gasteiger partial charge is 0.491 e. The van der Waals surface area contributed by atoms with Crippen molar-refractivity contribution in [2.24, 2.45) is 13.0 Å². The van der Waals surface area contributed by atoms with Crippen LogP contribution in [0.25, 0.3) is 11.3 Å². The fourth-order valence-corrected chi connectivity index (χ4v) is 4.51. The maximum atomic E-state index is 12.9. The molecule has 2 aromatic heterocycles. The second kappa shape index (κ2) is 8.79. The van der Waals surface area contributed by atoms with Crippen molar-refractivity contribution in [2.75, 3.05) is 19.8 Å². The van der Waals surface area contributed by atoms with E-state index in [-0.39, 0.29) is 18.1 Å². The van der Waals surface area contributed by atoms with Gasteiger partial charge in [-0.1, -0.05) is 0 Å². The van der Waals surface area contributed by atoms with Crippen LogP contribution in [0.4, 0.5) is 0 Å². The summed E-state index contributed by atoms with van der Waals surface area (Å²) in [5.74, 6) is 2.05. The number of hydrogen-bond donors (Lipinski definition) is 1. The van der Waals surface area contributed by atoms with Gasteiger partial charge in [-0.3, -0.25) is 9.48 Å². The van der Waals surface area contributed by atoms with Gasteiger partial charge in [-0.15, -0.1) is 0 Å². The van der Waals surface area contributed by atoms with Crippen LogP contribution in [0.3, 0.4) is 0 Å². The molecule has 34 heavy (non-hydrogen) atoms. The molecule has 178 valence electrons. The molecule has 2 aliphatic heterocycles. The van der Waals surface area contributed by atoms with Crippen molar-refractivity contribution in [3.05, 3.63) is 47.8 Å². The van der Waals surface area contributed by atoms with Gasteiger partial charge in [-0.05, 0) is 55.0 Å². The van der Waals surface area contributed by atoms with Crippen LogP contribution in [-0.4, -0.2) is 57.4 Å². The number of carbonyl (C=O) groups excluding carboxylic acids is 1. The second-order valence-electron chi connectivity index (χ2n) is 9.48. The predicted molar refractivity (Wildman–Crippen MR) is 124 cm³/mol. The fourth-order valence-electron chi connectivity index (χ4n) is 4.51. The van der Waals surface area contributed by atoms with Crippen molar-refractivity contribution < 1.29 is 19.0 Å². The van der Waals surface area contributed by atoms with Crippen LogP contribution in [0.5, 0.6) is 11.6 Å². The van der Waals surface area contributed by atoms with Gasteiger partial charge in [-0.25, -0.2) is 4.68 Å². The molecule has 1 fully saturated rings. The first-order valence-electron chi connectivity index (χ1n) is 12.0. The monoisotopic (exact) mass is 463 g/mol. The molecule has 1 N–H and O–H groups in total. The Bertz CT molecular complexity index is 1170. The summed E-state index contributed by atoms with van der Waals surface area (Å²) in [6, 6.07) is 9.64. The quantitative estimate of drug-likeness (QED) is 0.517. The number of hydrogen-bond acceptors (Lipinski definition) is 6. The summed E-state index contributed by atoms with van der Waals surface area (Å²) in [7, 11) is 1.90. The van der Waals surface area contributed by atoms with E-state index in [0.29, 0.717) is 37.8 Å². The maximum Gasteiger partial charge on any atom is 0.272 e. The zero-order chi connectivity index (χ0) is 23.1. The molecule has 0 spiro atoms. The molecule has 4 heterocycles. The third-order valence-electron chi connectivity index (χ3n) is 6.59. The second-order valence-corrected chi connectivity index (χ2v) is 9.48. The summed E-state index contributed by atoms with van der Waals surface area (Å²) in [5.41, 5.74) is 3.37. The number of amides is 1. The average molecular weight is 464 g/mol. The summed E-state index contributed by atoms with van der Waals surface area (Å²) in [4.78, 5) is 12.9. The summed E-state index contributed by atoms with van der Waals surface area (Å²) in [6.45, 7) is 2.63. The van der Waals surface area contributed by atoms with Crippen LogP contribution in [0, 0.1) is 5.92 Å². The van der Waals surface area contributed by atoms with Crippen molar-refractivity contribution >= 4 is 5.91 Å². The molecule has 9 heteroatoms. The number of aryl methyl sites for hydroxylation is 1. The number of nitrogens with zero attached hydrogens (tertiary/aromatic N) is 4. The molecule has 2 atom stereocenters. The van der Waals surface area contributed by atoms with Crippen LogP contribution < -0.4 is 14.8 Å². The molecule has 3 aliphatic rings. The number of carbonyl (C=O) groups is 1. The third kappa shape index (κ3) is 4.52. The number of ether oxygens (including phenoxy) is 3. The van der Waals surface area contributed by atoms with Crippen LogP contribution in [-0.2, 0) is 24.8 Å². The molecule has 1 saturated carbocycles. The lowest BCUT2D eigenvalue weighted by Gasteiger charge is -2.26. The van der Waals surface area contributed by atoms with Gasteiger partial charge >= 0.3 is 0 Å². The Kier molecular flexibility index (Phi) is 5.49. The van der Waals surface area contributed by atoms with Crippen molar-refractivity contribution in [3.8, 4) is 22.9 Å². The van der Waals surface area contributed by atoms with Crippen LogP contribution in [0.2, 0.25) is 0 Å². The fraction of sp³-hybridized carbons (Fsp3) is 0.480. The van der Waals surface area contributed by atoms with Gasteiger partial charge in [0.2, 0.25) is 5.88 Å². The molecule has 9 nitrogen and oxygen atoms in total. The Labute approximate surface area is 198 Å². The van der Waals surface area contributed by atoms with Gasteiger partial charge in [0.1, 0.15) is 18.5 Å². The zero-order valence-corrected chi connectivity index (χ0v) is 19.3. The lowest BCUT2D eigenvalue weighted by molar-refractivity contribution is 0.0893. The summed E-state index contributed by atoms with van der Waals surface area (Å²) < 4.78 is 21.1. The summed E-state index contributed by atoms with van der Waals surface area (Å²) in [5, 5.41) is 12.0. The summed E-state index contributed by atoms with van der Waals surface area (Å²) >= 11 is 0. The minimum atomic E-state index is -0.215. The highest BCUT2D eigenvalue weighted by Crippen LogP contribution is 2.31.